The number of para-hydroxylation sites is 2. The van der Waals surface area contributed by atoms with Gasteiger partial charge in [0.05, 0.1) is 21.9 Å². The molecule has 1 aliphatic rings. The monoisotopic (exact) mass is 1150 g/mol. The van der Waals surface area contributed by atoms with Crippen LogP contribution in [0.5, 0.6) is 0 Å². The molecule has 89 heavy (non-hydrogen) atoms. The minimum Gasteiger partial charge on any atom is -0.456 e. The molecule has 0 unspecified atom stereocenters. The van der Waals surface area contributed by atoms with Crippen molar-refractivity contribution in [3.8, 4) is 66.8 Å². The van der Waals surface area contributed by atoms with Crippen molar-refractivity contribution in [2.45, 2.75) is 19.3 Å². The number of hydrogen-bond donors (Lipinski definition) is 0. The molecular weight excluding hydrogens is 1080 g/mol. The van der Waals surface area contributed by atoms with Gasteiger partial charge in [0, 0.05) is 27.0 Å². The third-order valence-electron chi connectivity index (χ3n) is 18.2. The standard InChI is InChI=1S/C46H28O.C41H28O/c1-2-11-29(12-3-1)30-23-25-34-31(27-30)21-22-32-28-33(24-26-35(32)34)44-36-13-4-6-15-38(36)45(39-16-7-5-14-37(39)44)41-18-10-20-43-46(41)40-17-8-9-19-42(40)47-43;1-41(2)33-21-9-7-17-29(33)39-31(19-11-22-34(39)41)37-25-13-3-5-15-27(25)38(28-16-6-4-14-26(28)37)32-20-12-24-36-40(32)30-18-8-10-23-35(30)42-36/h1-28H;3-24H,1-2H3/i4D,5D,6D,7D,13D,14D,15D,16D;3D,4D,5D,6D,13D,14D,15D,16D. The molecule has 18 aromatic rings. The first kappa shape index (κ1) is 37.3. The summed E-state index contributed by atoms with van der Waals surface area (Å²) in [6.45, 7) is 4.30. The van der Waals surface area contributed by atoms with Gasteiger partial charge < -0.3 is 8.83 Å². The summed E-state index contributed by atoms with van der Waals surface area (Å²) in [5.74, 6) is 0. The quantitative estimate of drug-likeness (QED) is 0.127. The van der Waals surface area contributed by atoms with E-state index in [4.69, 9.17) is 19.8 Å². The summed E-state index contributed by atoms with van der Waals surface area (Å²) in [7, 11) is 0. The molecule has 0 spiro atoms. The molecule has 16 aromatic carbocycles. The van der Waals surface area contributed by atoms with E-state index in [1.54, 1.807) is 12.1 Å². The van der Waals surface area contributed by atoms with E-state index in [0.717, 1.165) is 65.7 Å². The number of benzene rings is 16. The molecule has 0 amide bonds. The van der Waals surface area contributed by atoms with Crippen molar-refractivity contribution in [1.29, 1.82) is 0 Å². The number of hydrogen-bond acceptors (Lipinski definition) is 2. The maximum absolute atomic E-state index is 9.45. The summed E-state index contributed by atoms with van der Waals surface area (Å²) >= 11 is 0. The van der Waals surface area contributed by atoms with Crippen LogP contribution in [0.1, 0.15) is 46.9 Å². The molecule has 2 nitrogen and oxygen atoms in total. The Morgan fingerprint density at radius 2 is 0.640 bits per heavy atom. The topological polar surface area (TPSA) is 26.3 Å². The molecule has 0 saturated carbocycles. The van der Waals surface area contributed by atoms with Gasteiger partial charge in [-0.15, -0.1) is 0 Å². The summed E-state index contributed by atoms with van der Waals surface area (Å²) in [6.07, 6.45) is 0. The zero-order valence-electron chi connectivity index (χ0n) is 63.9. The fourth-order valence-electron chi connectivity index (χ4n) is 14.3. The van der Waals surface area contributed by atoms with Crippen molar-refractivity contribution in [3.63, 3.8) is 0 Å². The SMILES string of the molecule is [2H]c1c([2H])c([2H])c2c(-c3cccc4oc5ccccc5c34)c3c([2H])c([2H])c([2H])c([2H])c3c(-c3ccc4c(ccc5cc(-c6ccccc6)ccc54)c3)c2c1[2H].[2H]c1c([2H])c([2H])c2c(-c3cccc4oc5ccccc5c34)c3c([2H])c([2H])c([2H])c([2H])c3c(-c3cccc4c3-c3ccccc3C4(C)C)c2c1[2H]. The van der Waals surface area contributed by atoms with E-state index in [-0.39, 0.29) is 96.8 Å². The molecule has 0 radical (unpaired) electrons. The predicted octanol–water partition coefficient (Wildman–Crippen LogP) is 24.7. The van der Waals surface area contributed by atoms with E-state index in [0.29, 0.717) is 77.6 Å². The van der Waals surface area contributed by atoms with Crippen LogP contribution in [0.15, 0.2) is 312 Å². The highest BCUT2D eigenvalue weighted by molar-refractivity contribution is 6.28. The lowest BCUT2D eigenvalue weighted by atomic mass is 9.80. The van der Waals surface area contributed by atoms with Crippen LogP contribution in [0.3, 0.4) is 0 Å². The number of furan rings is 2. The van der Waals surface area contributed by atoms with Crippen LogP contribution in [-0.2, 0) is 5.41 Å². The van der Waals surface area contributed by atoms with E-state index in [2.05, 4.69) is 62.4 Å². The van der Waals surface area contributed by atoms with Gasteiger partial charge in [0.2, 0.25) is 0 Å². The lowest BCUT2D eigenvalue weighted by molar-refractivity contribution is 0.660. The second-order valence-electron chi connectivity index (χ2n) is 23.3. The normalized spacial score (nSPS) is 15.2. The molecule has 0 aliphatic heterocycles. The van der Waals surface area contributed by atoms with Gasteiger partial charge >= 0.3 is 0 Å². The molecule has 0 N–H and O–H groups in total. The first-order valence-electron chi connectivity index (χ1n) is 37.6. The predicted molar refractivity (Wildman–Crippen MR) is 377 cm³/mol. The van der Waals surface area contributed by atoms with Gasteiger partial charge in [-0.05, 0) is 179 Å². The van der Waals surface area contributed by atoms with Gasteiger partial charge in [-0.2, -0.15) is 0 Å². The largest absolute Gasteiger partial charge is 0.456 e. The third-order valence-corrected chi connectivity index (χ3v) is 18.2. The van der Waals surface area contributed by atoms with Crippen molar-refractivity contribution < 1.29 is 30.8 Å². The third kappa shape index (κ3) is 7.76. The molecule has 0 bridgehead atoms. The molecule has 0 atom stereocenters. The molecule has 2 aromatic heterocycles. The molecule has 2 heterocycles. The lowest BCUT2D eigenvalue weighted by Crippen LogP contribution is -2.14. The fourth-order valence-corrected chi connectivity index (χ4v) is 14.3. The van der Waals surface area contributed by atoms with Crippen LogP contribution in [-0.4, -0.2) is 0 Å². The van der Waals surface area contributed by atoms with Crippen LogP contribution >= 0.6 is 0 Å². The molecular formula is C87H56O2. The first-order valence-corrected chi connectivity index (χ1v) is 29.6. The highest BCUT2D eigenvalue weighted by Gasteiger charge is 2.37. The Labute approximate surface area is 537 Å². The zero-order valence-corrected chi connectivity index (χ0v) is 47.9. The molecule has 416 valence electrons. The summed E-state index contributed by atoms with van der Waals surface area (Å²) in [6, 6.07) is 60.6. The number of fused-ring (bicyclic) bond motifs is 16. The number of rotatable bonds is 5. The van der Waals surface area contributed by atoms with Crippen molar-refractivity contribution >= 4 is 109 Å². The van der Waals surface area contributed by atoms with E-state index < -0.39 is 48.3 Å². The van der Waals surface area contributed by atoms with E-state index in [9.17, 15) is 11.0 Å². The maximum atomic E-state index is 9.45. The Morgan fingerprint density at radius 1 is 0.258 bits per heavy atom. The Bertz CT molecular complexity index is 6790. The van der Waals surface area contributed by atoms with E-state index in [1.165, 1.54) is 0 Å². The maximum Gasteiger partial charge on any atom is 0.136 e. The zero-order chi connectivity index (χ0) is 72.8. The summed E-state index contributed by atoms with van der Waals surface area (Å²) < 4.78 is 159. The molecule has 2 heteroatoms. The Morgan fingerprint density at radius 3 is 1.17 bits per heavy atom. The Balaban J connectivity index is 0.000000150. The molecule has 0 fully saturated rings. The Kier molecular flexibility index (Phi) is 8.32. The second-order valence-corrected chi connectivity index (χ2v) is 23.3. The van der Waals surface area contributed by atoms with Crippen LogP contribution in [0.2, 0.25) is 0 Å². The van der Waals surface area contributed by atoms with Crippen molar-refractivity contribution in [1.82, 2.24) is 0 Å². The highest BCUT2D eigenvalue weighted by Crippen LogP contribution is 2.55. The van der Waals surface area contributed by atoms with Crippen LogP contribution < -0.4 is 0 Å². The Hall–Kier alpha value is -11.3. The minimum atomic E-state index is -0.436. The van der Waals surface area contributed by atoms with Crippen LogP contribution in [0.25, 0.3) is 175 Å². The summed E-state index contributed by atoms with van der Waals surface area (Å²) in [5.41, 5.74) is 11.8. The van der Waals surface area contributed by atoms with E-state index >= 15 is 0 Å². The summed E-state index contributed by atoms with van der Waals surface area (Å²) in [4.78, 5) is 0. The van der Waals surface area contributed by atoms with Gasteiger partial charge in [-0.25, -0.2) is 0 Å². The average Bonchev–Trinajstić information content (AvgIpc) is 1.68. The highest BCUT2D eigenvalue weighted by atomic mass is 16.3. The van der Waals surface area contributed by atoms with Crippen molar-refractivity contribution in [3.05, 3.63) is 314 Å². The summed E-state index contributed by atoms with van der Waals surface area (Å²) in [5, 5.41) is 8.34. The first-order chi connectivity index (χ1) is 50.6. The lowest BCUT2D eigenvalue weighted by Gasteiger charge is -2.22. The van der Waals surface area contributed by atoms with Crippen molar-refractivity contribution in [2.75, 3.05) is 0 Å². The van der Waals surface area contributed by atoms with Crippen LogP contribution in [0.4, 0.5) is 0 Å². The van der Waals surface area contributed by atoms with Gasteiger partial charge in [0.25, 0.3) is 0 Å². The molecule has 0 saturated heterocycles. The van der Waals surface area contributed by atoms with Gasteiger partial charge in [0.15, 0.2) is 0 Å². The van der Waals surface area contributed by atoms with Gasteiger partial charge in [0.1, 0.15) is 22.3 Å². The smallest absolute Gasteiger partial charge is 0.136 e. The van der Waals surface area contributed by atoms with Gasteiger partial charge in [-0.3, -0.25) is 0 Å². The van der Waals surface area contributed by atoms with Gasteiger partial charge in [-0.1, -0.05) is 280 Å². The van der Waals surface area contributed by atoms with Crippen molar-refractivity contribution in [2.24, 2.45) is 0 Å². The minimum absolute atomic E-state index is 0.170. The van der Waals surface area contributed by atoms with E-state index in [1.807, 2.05) is 146 Å². The second kappa shape index (κ2) is 19.9. The average molecular weight is 1150 g/mol. The van der Waals surface area contributed by atoms with Crippen LogP contribution in [0, 0.1) is 0 Å². The molecule has 1 aliphatic carbocycles. The fraction of sp³-hybridized carbons (Fsp3) is 0.0345. The molecule has 19 rings (SSSR count).